The summed E-state index contributed by atoms with van der Waals surface area (Å²) in [4.78, 5) is 24.8. The predicted molar refractivity (Wildman–Crippen MR) is 73.5 cm³/mol. The Morgan fingerprint density at radius 3 is 2.76 bits per heavy atom. The lowest BCUT2D eigenvalue weighted by molar-refractivity contribution is -0.175. The van der Waals surface area contributed by atoms with Gasteiger partial charge in [-0.05, 0) is 19.9 Å². The average molecular weight is 316 g/mol. The molecule has 1 amide bonds. The van der Waals surface area contributed by atoms with Gasteiger partial charge >= 0.3 is 5.97 Å². The molecule has 1 N–H and O–H groups in total. The molecule has 5 nitrogen and oxygen atoms in total. The molecule has 7 heteroatoms. The number of aliphatic carboxylic acids is 1. The van der Waals surface area contributed by atoms with E-state index in [4.69, 9.17) is 16.3 Å². The van der Waals surface area contributed by atoms with E-state index in [-0.39, 0.29) is 29.1 Å². The minimum absolute atomic E-state index is 0.0386. The third-order valence-electron chi connectivity index (χ3n) is 3.36. The molecule has 1 aromatic carbocycles. The van der Waals surface area contributed by atoms with Gasteiger partial charge in [0.1, 0.15) is 12.4 Å². The molecule has 1 aliphatic rings. The number of amides is 1. The maximum Gasteiger partial charge on any atom is 0.335 e. The number of carboxylic acid groups (broad SMARTS) is 1. The molecule has 1 heterocycles. The first-order valence-corrected chi connectivity index (χ1v) is 6.82. The van der Waals surface area contributed by atoms with Gasteiger partial charge in [-0.2, -0.15) is 0 Å². The van der Waals surface area contributed by atoms with Crippen LogP contribution >= 0.6 is 11.6 Å². The van der Waals surface area contributed by atoms with E-state index in [1.54, 1.807) is 13.8 Å². The highest BCUT2D eigenvalue weighted by atomic mass is 35.5. The molecular weight excluding hydrogens is 301 g/mol. The number of hydrogen-bond acceptors (Lipinski definition) is 3. The molecule has 1 saturated heterocycles. The maximum atomic E-state index is 14.3. The van der Waals surface area contributed by atoms with Gasteiger partial charge in [-0.25, -0.2) is 9.18 Å². The number of benzene rings is 1. The molecule has 2 unspecified atom stereocenters. The van der Waals surface area contributed by atoms with Crippen LogP contribution in [-0.4, -0.2) is 40.6 Å². The number of carbonyl (C=O) groups is 2. The zero-order valence-electron chi connectivity index (χ0n) is 11.5. The Balaban J connectivity index is 2.57. The fourth-order valence-corrected chi connectivity index (χ4v) is 2.69. The van der Waals surface area contributed by atoms with E-state index in [2.05, 4.69) is 0 Å². The fraction of sp³-hybridized carbons (Fsp3) is 0.429. The Morgan fingerprint density at radius 2 is 2.19 bits per heavy atom. The number of halogens is 2. The Labute approximate surface area is 126 Å². The van der Waals surface area contributed by atoms with Crippen molar-refractivity contribution in [3.63, 3.8) is 0 Å². The highest BCUT2D eigenvalue weighted by Crippen LogP contribution is 2.35. The van der Waals surface area contributed by atoms with Crippen LogP contribution < -0.4 is 0 Å². The van der Waals surface area contributed by atoms with Crippen molar-refractivity contribution in [3.05, 3.63) is 34.6 Å². The highest BCUT2D eigenvalue weighted by molar-refractivity contribution is 6.30. The van der Waals surface area contributed by atoms with E-state index >= 15 is 0 Å². The average Bonchev–Trinajstić information content (AvgIpc) is 2.40. The first kappa shape index (κ1) is 15.7. The van der Waals surface area contributed by atoms with Gasteiger partial charge in [-0.1, -0.05) is 23.7 Å². The van der Waals surface area contributed by atoms with Crippen molar-refractivity contribution in [3.8, 4) is 0 Å². The van der Waals surface area contributed by atoms with Gasteiger partial charge in [0.05, 0.1) is 11.1 Å². The molecule has 0 aromatic heterocycles. The molecule has 1 aliphatic heterocycles. The second-order valence-corrected chi connectivity index (χ2v) is 5.46. The number of hydrogen-bond donors (Lipinski definition) is 1. The largest absolute Gasteiger partial charge is 0.479 e. The second-order valence-electron chi connectivity index (χ2n) is 5.05. The number of rotatable bonds is 3. The van der Waals surface area contributed by atoms with E-state index in [0.29, 0.717) is 0 Å². The molecular formula is C14H15ClFNO4. The van der Waals surface area contributed by atoms with Crippen LogP contribution in [-0.2, 0) is 14.3 Å². The zero-order chi connectivity index (χ0) is 15.7. The van der Waals surface area contributed by atoms with E-state index in [9.17, 15) is 19.1 Å². The molecule has 0 radical (unpaired) electrons. The van der Waals surface area contributed by atoms with Crippen molar-refractivity contribution < 1.29 is 23.8 Å². The van der Waals surface area contributed by atoms with Crippen molar-refractivity contribution in [1.29, 1.82) is 0 Å². The number of nitrogens with zero attached hydrogens (tertiary/aromatic N) is 1. The van der Waals surface area contributed by atoms with E-state index in [0.717, 1.165) is 0 Å². The predicted octanol–water partition coefficient (Wildman–Crippen LogP) is 2.24. The van der Waals surface area contributed by atoms with Gasteiger partial charge < -0.3 is 14.7 Å². The van der Waals surface area contributed by atoms with Crippen LogP contribution in [0.1, 0.15) is 25.5 Å². The SMILES string of the molecule is CC(C)N1C(=O)COC(C(=O)O)C1c1cccc(Cl)c1F. The van der Waals surface area contributed by atoms with Gasteiger partial charge in [0.2, 0.25) is 5.91 Å². The van der Waals surface area contributed by atoms with Crippen LogP contribution in [0.3, 0.4) is 0 Å². The van der Waals surface area contributed by atoms with Gasteiger partial charge in [-0.3, -0.25) is 4.79 Å². The van der Waals surface area contributed by atoms with Gasteiger partial charge in [0.15, 0.2) is 6.10 Å². The zero-order valence-corrected chi connectivity index (χ0v) is 12.3. The molecule has 1 fully saturated rings. The van der Waals surface area contributed by atoms with Crippen molar-refractivity contribution >= 4 is 23.5 Å². The van der Waals surface area contributed by atoms with Gasteiger partial charge in [-0.15, -0.1) is 0 Å². The molecule has 2 atom stereocenters. The summed E-state index contributed by atoms with van der Waals surface area (Å²) >= 11 is 5.76. The Bertz CT molecular complexity index is 578. The van der Waals surface area contributed by atoms with Crippen LogP contribution in [0.15, 0.2) is 18.2 Å². The van der Waals surface area contributed by atoms with Crippen molar-refractivity contribution in [1.82, 2.24) is 4.90 Å². The Kier molecular flexibility index (Phi) is 4.49. The molecule has 0 bridgehead atoms. The molecule has 0 saturated carbocycles. The normalized spacial score (nSPS) is 22.7. The minimum Gasteiger partial charge on any atom is -0.479 e. The third kappa shape index (κ3) is 2.87. The second kappa shape index (κ2) is 5.99. The number of carbonyl (C=O) groups excluding carboxylic acids is 1. The summed E-state index contributed by atoms with van der Waals surface area (Å²) in [5, 5.41) is 9.17. The van der Waals surface area contributed by atoms with Crippen LogP contribution in [0.4, 0.5) is 4.39 Å². The lowest BCUT2D eigenvalue weighted by Gasteiger charge is -2.42. The summed E-state index contributed by atoms with van der Waals surface area (Å²) in [5.74, 6) is -2.37. The molecule has 2 rings (SSSR count). The van der Waals surface area contributed by atoms with Crippen molar-refractivity contribution in [2.75, 3.05) is 6.61 Å². The third-order valence-corrected chi connectivity index (χ3v) is 3.65. The van der Waals surface area contributed by atoms with Gasteiger partial charge in [0, 0.05) is 11.6 Å². The first-order valence-electron chi connectivity index (χ1n) is 6.44. The quantitative estimate of drug-likeness (QED) is 0.929. The van der Waals surface area contributed by atoms with E-state index in [1.807, 2.05) is 0 Å². The van der Waals surface area contributed by atoms with Crippen molar-refractivity contribution in [2.24, 2.45) is 0 Å². The Morgan fingerprint density at radius 1 is 1.52 bits per heavy atom. The van der Waals surface area contributed by atoms with Crippen LogP contribution in [0.25, 0.3) is 0 Å². The van der Waals surface area contributed by atoms with Crippen LogP contribution in [0.5, 0.6) is 0 Å². The monoisotopic (exact) mass is 315 g/mol. The lowest BCUT2D eigenvalue weighted by atomic mass is 9.96. The molecule has 0 spiro atoms. The van der Waals surface area contributed by atoms with E-state index < -0.39 is 23.9 Å². The number of morpholine rings is 1. The smallest absolute Gasteiger partial charge is 0.335 e. The van der Waals surface area contributed by atoms with Crippen molar-refractivity contribution in [2.45, 2.75) is 32.0 Å². The van der Waals surface area contributed by atoms with Gasteiger partial charge in [0.25, 0.3) is 0 Å². The standard InChI is InChI=1S/C14H15ClFNO4/c1-7(2)17-10(18)6-21-13(14(19)20)12(17)8-4-3-5-9(15)11(8)16/h3-5,7,12-13H,6H2,1-2H3,(H,19,20). The molecule has 114 valence electrons. The summed E-state index contributed by atoms with van der Waals surface area (Å²) in [6.07, 6.45) is -1.34. The summed E-state index contributed by atoms with van der Waals surface area (Å²) < 4.78 is 19.4. The minimum atomic E-state index is -1.34. The topological polar surface area (TPSA) is 66.8 Å². The lowest BCUT2D eigenvalue weighted by Crippen LogP contribution is -2.54. The Hall–Kier alpha value is -1.66. The van der Waals surface area contributed by atoms with Crippen LogP contribution in [0.2, 0.25) is 5.02 Å². The summed E-state index contributed by atoms with van der Waals surface area (Å²) in [6, 6.07) is 2.94. The summed E-state index contributed by atoms with van der Waals surface area (Å²) in [7, 11) is 0. The molecule has 1 aromatic rings. The number of ether oxygens (including phenoxy) is 1. The first-order chi connectivity index (χ1) is 9.84. The fourth-order valence-electron chi connectivity index (χ4n) is 2.51. The summed E-state index contributed by atoms with van der Waals surface area (Å²) in [5.41, 5.74) is 0.0386. The highest BCUT2D eigenvalue weighted by Gasteiger charge is 2.44. The van der Waals surface area contributed by atoms with Crippen LogP contribution in [0, 0.1) is 5.82 Å². The summed E-state index contributed by atoms with van der Waals surface area (Å²) in [6.45, 7) is 3.13. The molecule has 0 aliphatic carbocycles. The maximum absolute atomic E-state index is 14.3. The van der Waals surface area contributed by atoms with E-state index in [1.165, 1.54) is 23.1 Å². The molecule has 21 heavy (non-hydrogen) atoms. The number of carboxylic acids is 1.